The molecule has 5 nitrogen and oxygen atoms in total. The minimum atomic E-state index is -0.218. The Morgan fingerprint density at radius 2 is 1.92 bits per heavy atom. The van der Waals surface area contributed by atoms with Crippen LogP contribution in [0, 0.1) is 0 Å². The van der Waals surface area contributed by atoms with Gasteiger partial charge in [0.2, 0.25) is 0 Å². The van der Waals surface area contributed by atoms with E-state index in [9.17, 15) is 4.79 Å². The van der Waals surface area contributed by atoms with Gasteiger partial charge in [-0.15, -0.1) is 0 Å². The van der Waals surface area contributed by atoms with E-state index in [-0.39, 0.29) is 5.91 Å². The van der Waals surface area contributed by atoms with Gasteiger partial charge in [-0.2, -0.15) is 0 Å². The molecule has 0 saturated carbocycles. The number of fused-ring (bicyclic) bond motifs is 1. The molecule has 0 aliphatic heterocycles. The second-order valence-corrected chi connectivity index (χ2v) is 6.44. The Morgan fingerprint density at radius 1 is 1.16 bits per heavy atom. The van der Waals surface area contributed by atoms with Crippen LogP contribution >= 0.6 is 15.9 Å². The number of hydrogen-bond donors (Lipinski definition) is 1. The van der Waals surface area contributed by atoms with Gasteiger partial charge in [-0.1, -0.05) is 12.1 Å². The van der Waals surface area contributed by atoms with Gasteiger partial charge < -0.3 is 14.3 Å². The van der Waals surface area contributed by atoms with Crippen molar-refractivity contribution in [2.75, 3.05) is 5.32 Å². The number of aromatic nitrogens is 2. The molecule has 0 fully saturated rings. The summed E-state index contributed by atoms with van der Waals surface area (Å²) in [5.41, 5.74) is 4.21. The van der Waals surface area contributed by atoms with Crippen LogP contribution in [-0.2, 0) is 7.05 Å². The van der Waals surface area contributed by atoms with Gasteiger partial charge in [0.15, 0.2) is 4.67 Å². The SMILES string of the molecule is Cn1c(-c2ccc(NC(=O)c3coc(Br)c3)cc2)nc2ccccc21. The molecule has 0 aliphatic carbocycles. The molecule has 2 aromatic carbocycles. The van der Waals surface area contributed by atoms with Crippen LogP contribution in [0.4, 0.5) is 5.69 Å². The van der Waals surface area contributed by atoms with E-state index in [1.807, 2.05) is 55.6 Å². The molecule has 25 heavy (non-hydrogen) atoms. The summed E-state index contributed by atoms with van der Waals surface area (Å²) < 4.78 is 7.67. The number of halogens is 1. The Hall–Kier alpha value is -2.86. The number of amides is 1. The zero-order valence-corrected chi connectivity index (χ0v) is 14.9. The molecule has 124 valence electrons. The number of carbonyl (C=O) groups excluding carboxylic acids is 1. The minimum absolute atomic E-state index is 0.218. The molecule has 0 spiro atoms. The quantitative estimate of drug-likeness (QED) is 0.539. The third-order valence-corrected chi connectivity index (χ3v) is 4.43. The van der Waals surface area contributed by atoms with E-state index < -0.39 is 0 Å². The van der Waals surface area contributed by atoms with Crippen molar-refractivity contribution in [1.82, 2.24) is 9.55 Å². The molecule has 0 bridgehead atoms. The molecule has 0 unspecified atom stereocenters. The minimum Gasteiger partial charge on any atom is -0.457 e. The summed E-state index contributed by atoms with van der Waals surface area (Å²) in [5, 5.41) is 2.84. The van der Waals surface area contributed by atoms with Gasteiger partial charge in [0.05, 0.1) is 16.6 Å². The molecule has 4 rings (SSSR count). The second-order valence-electron chi connectivity index (χ2n) is 5.65. The van der Waals surface area contributed by atoms with Crippen LogP contribution in [0.5, 0.6) is 0 Å². The Kier molecular flexibility index (Phi) is 3.89. The molecule has 0 radical (unpaired) electrons. The van der Waals surface area contributed by atoms with Crippen molar-refractivity contribution in [3.8, 4) is 11.4 Å². The van der Waals surface area contributed by atoms with Crippen molar-refractivity contribution in [1.29, 1.82) is 0 Å². The highest BCUT2D eigenvalue weighted by Gasteiger charge is 2.11. The number of rotatable bonds is 3. The van der Waals surface area contributed by atoms with Crippen LogP contribution in [0.15, 0.2) is 69.9 Å². The molecule has 0 saturated heterocycles. The van der Waals surface area contributed by atoms with Crippen LogP contribution < -0.4 is 5.32 Å². The van der Waals surface area contributed by atoms with Crippen LogP contribution in [0.1, 0.15) is 10.4 Å². The number of carbonyl (C=O) groups is 1. The highest BCUT2D eigenvalue weighted by Crippen LogP contribution is 2.25. The fourth-order valence-electron chi connectivity index (χ4n) is 2.74. The van der Waals surface area contributed by atoms with Gasteiger partial charge in [-0.05, 0) is 52.3 Å². The summed E-state index contributed by atoms with van der Waals surface area (Å²) in [6.07, 6.45) is 1.41. The average molecular weight is 396 g/mol. The first-order chi connectivity index (χ1) is 12.1. The van der Waals surface area contributed by atoms with Crippen molar-refractivity contribution in [2.24, 2.45) is 7.05 Å². The van der Waals surface area contributed by atoms with Gasteiger partial charge in [0.25, 0.3) is 5.91 Å². The van der Waals surface area contributed by atoms with Crippen molar-refractivity contribution >= 4 is 38.6 Å². The molecule has 0 atom stereocenters. The lowest BCUT2D eigenvalue weighted by atomic mass is 10.2. The maximum atomic E-state index is 12.1. The molecule has 1 amide bonds. The largest absolute Gasteiger partial charge is 0.457 e. The van der Waals surface area contributed by atoms with Gasteiger partial charge in [-0.3, -0.25) is 4.79 Å². The van der Waals surface area contributed by atoms with Gasteiger partial charge in [-0.25, -0.2) is 4.98 Å². The number of aryl methyl sites for hydroxylation is 1. The van der Waals surface area contributed by atoms with Crippen molar-refractivity contribution in [3.63, 3.8) is 0 Å². The normalized spacial score (nSPS) is 11.0. The zero-order chi connectivity index (χ0) is 17.4. The van der Waals surface area contributed by atoms with E-state index in [4.69, 9.17) is 4.42 Å². The zero-order valence-electron chi connectivity index (χ0n) is 13.4. The van der Waals surface area contributed by atoms with E-state index >= 15 is 0 Å². The van der Waals surface area contributed by atoms with Crippen molar-refractivity contribution in [3.05, 3.63) is 71.1 Å². The van der Waals surface area contributed by atoms with Crippen LogP contribution in [0.3, 0.4) is 0 Å². The summed E-state index contributed by atoms with van der Waals surface area (Å²) in [6.45, 7) is 0. The number of anilines is 1. The summed E-state index contributed by atoms with van der Waals surface area (Å²) in [4.78, 5) is 16.8. The second kappa shape index (κ2) is 6.22. The summed E-state index contributed by atoms with van der Waals surface area (Å²) in [5.74, 6) is 0.669. The standard InChI is InChI=1S/C19H14BrN3O2/c1-23-16-5-3-2-4-15(16)22-18(23)12-6-8-14(9-7-12)21-19(24)13-10-17(20)25-11-13/h2-11H,1H3,(H,21,24). The van der Waals surface area contributed by atoms with Gasteiger partial charge in [0.1, 0.15) is 12.1 Å². The molecule has 4 aromatic rings. The number of nitrogens with zero attached hydrogens (tertiary/aromatic N) is 2. The molecule has 6 heteroatoms. The van der Waals surface area contributed by atoms with Gasteiger partial charge in [0, 0.05) is 24.4 Å². The first kappa shape index (κ1) is 15.7. The Morgan fingerprint density at radius 3 is 2.60 bits per heavy atom. The van der Waals surface area contributed by atoms with E-state index in [1.54, 1.807) is 6.07 Å². The third-order valence-electron chi connectivity index (χ3n) is 4.02. The predicted octanol–water partition coefficient (Wildman–Crippen LogP) is 4.85. The summed E-state index contributed by atoms with van der Waals surface area (Å²) >= 11 is 3.19. The number of benzene rings is 2. The van der Waals surface area contributed by atoms with Gasteiger partial charge >= 0.3 is 0 Å². The molecular weight excluding hydrogens is 382 g/mol. The number of para-hydroxylation sites is 2. The van der Waals surface area contributed by atoms with Crippen molar-refractivity contribution < 1.29 is 9.21 Å². The van der Waals surface area contributed by atoms with Crippen LogP contribution in [0.25, 0.3) is 22.4 Å². The molecule has 2 aromatic heterocycles. The highest BCUT2D eigenvalue weighted by atomic mass is 79.9. The molecule has 1 N–H and O–H groups in total. The smallest absolute Gasteiger partial charge is 0.258 e. The van der Waals surface area contributed by atoms with E-state index in [0.29, 0.717) is 15.9 Å². The fourth-order valence-corrected chi connectivity index (χ4v) is 3.08. The third kappa shape index (κ3) is 2.96. The molecule has 2 heterocycles. The lowest BCUT2D eigenvalue weighted by molar-refractivity contribution is 0.102. The Balaban J connectivity index is 1.59. The van der Waals surface area contributed by atoms with E-state index in [1.165, 1.54) is 6.26 Å². The number of furan rings is 1. The Bertz CT molecular complexity index is 1060. The topological polar surface area (TPSA) is 60.1 Å². The molecular formula is C19H14BrN3O2. The number of hydrogen-bond acceptors (Lipinski definition) is 3. The lowest BCUT2D eigenvalue weighted by Gasteiger charge is -2.06. The van der Waals surface area contributed by atoms with E-state index in [2.05, 4.69) is 30.8 Å². The first-order valence-corrected chi connectivity index (χ1v) is 8.48. The average Bonchev–Trinajstić information content (AvgIpc) is 3.20. The fraction of sp³-hybridized carbons (Fsp3) is 0.0526. The van der Waals surface area contributed by atoms with E-state index in [0.717, 1.165) is 22.4 Å². The predicted molar refractivity (Wildman–Crippen MR) is 101 cm³/mol. The molecule has 0 aliphatic rings. The maximum absolute atomic E-state index is 12.1. The first-order valence-electron chi connectivity index (χ1n) is 7.69. The Labute approximate surface area is 152 Å². The lowest BCUT2D eigenvalue weighted by Crippen LogP contribution is -2.10. The van der Waals surface area contributed by atoms with Crippen LogP contribution in [0.2, 0.25) is 0 Å². The van der Waals surface area contributed by atoms with Crippen molar-refractivity contribution in [2.45, 2.75) is 0 Å². The highest BCUT2D eigenvalue weighted by molar-refractivity contribution is 9.10. The summed E-state index contributed by atoms with van der Waals surface area (Å²) in [6, 6.07) is 17.3. The number of nitrogens with one attached hydrogen (secondary N) is 1. The monoisotopic (exact) mass is 395 g/mol. The maximum Gasteiger partial charge on any atom is 0.258 e. The summed E-state index contributed by atoms with van der Waals surface area (Å²) in [7, 11) is 2.00. The number of imidazole rings is 1. The van der Waals surface area contributed by atoms with Crippen LogP contribution in [-0.4, -0.2) is 15.5 Å².